The van der Waals surface area contributed by atoms with Crippen molar-refractivity contribution in [3.63, 3.8) is 0 Å². The van der Waals surface area contributed by atoms with Gasteiger partial charge in [0.15, 0.2) is 16.6 Å². The Morgan fingerprint density at radius 2 is 1.68 bits per heavy atom. The Bertz CT molecular complexity index is 1440. The molecule has 1 atom stereocenters. The average molecular weight is 550 g/mol. The van der Waals surface area contributed by atoms with Crippen LogP contribution in [0.5, 0.6) is 17.2 Å². The molecular formula is C28H27N3O5S2. The molecule has 8 nitrogen and oxygen atoms in total. The normalized spacial score (nSPS) is 11.4. The van der Waals surface area contributed by atoms with Crippen LogP contribution in [0.1, 0.15) is 17.3 Å². The highest BCUT2D eigenvalue weighted by Crippen LogP contribution is 2.34. The van der Waals surface area contributed by atoms with Crippen LogP contribution in [0.4, 0.5) is 10.8 Å². The molecule has 0 saturated carbocycles. The van der Waals surface area contributed by atoms with Crippen molar-refractivity contribution in [1.29, 1.82) is 0 Å². The highest BCUT2D eigenvalue weighted by molar-refractivity contribution is 8.00. The molecule has 0 aliphatic rings. The first-order valence-electron chi connectivity index (χ1n) is 11.6. The van der Waals surface area contributed by atoms with Crippen molar-refractivity contribution in [2.24, 2.45) is 0 Å². The average Bonchev–Trinajstić information content (AvgIpc) is 3.41. The number of nitrogens with one attached hydrogen (secondary N) is 2. The summed E-state index contributed by atoms with van der Waals surface area (Å²) in [5, 5.41) is 7.77. The minimum Gasteiger partial charge on any atom is -0.497 e. The largest absolute Gasteiger partial charge is 0.497 e. The lowest BCUT2D eigenvalue weighted by atomic mass is 10.1. The molecule has 4 aromatic rings. The molecule has 0 aliphatic carbocycles. The quantitative estimate of drug-likeness (QED) is 0.227. The number of methoxy groups -OCH3 is 3. The van der Waals surface area contributed by atoms with Gasteiger partial charge in [-0.15, -0.1) is 23.1 Å². The molecule has 38 heavy (non-hydrogen) atoms. The van der Waals surface area contributed by atoms with Crippen LogP contribution in [0.15, 0.2) is 77.0 Å². The molecule has 1 unspecified atom stereocenters. The fourth-order valence-electron chi connectivity index (χ4n) is 3.54. The molecule has 3 aromatic carbocycles. The summed E-state index contributed by atoms with van der Waals surface area (Å²) in [6.45, 7) is 1.82. The molecule has 0 aliphatic heterocycles. The van der Waals surface area contributed by atoms with Crippen LogP contribution < -0.4 is 24.8 Å². The van der Waals surface area contributed by atoms with Crippen LogP contribution >= 0.6 is 23.1 Å². The summed E-state index contributed by atoms with van der Waals surface area (Å²) in [5.74, 6) is 1.43. The van der Waals surface area contributed by atoms with Crippen molar-refractivity contribution in [2.45, 2.75) is 17.1 Å². The number of benzene rings is 3. The van der Waals surface area contributed by atoms with E-state index in [1.807, 2.05) is 48.7 Å². The number of anilines is 2. The van der Waals surface area contributed by atoms with E-state index >= 15 is 0 Å². The Labute approximate surface area is 229 Å². The predicted molar refractivity (Wildman–Crippen MR) is 152 cm³/mol. The summed E-state index contributed by atoms with van der Waals surface area (Å²) in [5.41, 5.74) is 2.71. The lowest BCUT2D eigenvalue weighted by Crippen LogP contribution is -2.22. The predicted octanol–water partition coefficient (Wildman–Crippen LogP) is 6.21. The standard InChI is InChI=1S/C28H27N3O5S2/c1-17(26(32)31-28-30-23(16-37-28)18-11-12-24(35-3)25(14-18)36-4)38-22-10-6-8-20(15-22)29-27(33)19-7-5-9-21(13-19)34-2/h5-17H,1-4H3,(H,29,33)(H,30,31,32). The summed E-state index contributed by atoms with van der Waals surface area (Å²) in [6.07, 6.45) is 0. The smallest absolute Gasteiger partial charge is 0.255 e. The van der Waals surface area contributed by atoms with Crippen LogP contribution in [-0.4, -0.2) is 43.4 Å². The maximum atomic E-state index is 12.9. The molecule has 2 N–H and O–H groups in total. The zero-order chi connectivity index (χ0) is 27.1. The zero-order valence-corrected chi connectivity index (χ0v) is 22.9. The van der Waals surface area contributed by atoms with Crippen LogP contribution in [0, 0.1) is 0 Å². The molecule has 0 bridgehead atoms. The van der Waals surface area contributed by atoms with Gasteiger partial charge in [-0.1, -0.05) is 12.1 Å². The third-order valence-corrected chi connectivity index (χ3v) is 7.37. The van der Waals surface area contributed by atoms with E-state index in [-0.39, 0.29) is 11.8 Å². The van der Waals surface area contributed by atoms with Crippen molar-refractivity contribution >= 4 is 45.7 Å². The van der Waals surface area contributed by atoms with Gasteiger partial charge in [0.1, 0.15) is 5.75 Å². The monoisotopic (exact) mass is 549 g/mol. The molecule has 0 spiro atoms. The molecular weight excluding hydrogens is 522 g/mol. The number of hydrogen-bond acceptors (Lipinski definition) is 8. The Morgan fingerprint density at radius 1 is 0.895 bits per heavy atom. The van der Waals surface area contributed by atoms with Gasteiger partial charge in [0.2, 0.25) is 5.91 Å². The number of rotatable bonds is 10. The summed E-state index contributed by atoms with van der Waals surface area (Å²) in [6, 6.07) is 19.9. The van der Waals surface area contributed by atoms with Crippen molar-refractivity contribution < 1.29 is 23.8 Å². The van der Waals surface area contributed by atoms with Crippen LogP contribution in [0.3, 0.4) is 0 Å². The van der Waals surface area contributed by atoms with Gasteiger partial charge >= 0.3 is 0 Å². The molecule has 4 rings (SSSR count). The number of thiazole rings is 1. The SMILES string of the molecule is COc1cccc(C(=O)Nc2cccc(SC(C)C(=O)Nc3nc(-c4ccc(OC)c(OC)c4)cs3)c2)c1. The highest BCUT2D eigenvalue weighted by Gasteiger charge is 2.17. The Morgan fingerprint density at radius 3 is 2.45 bits per heavy atom. The van der Waals surface area contributed by atoms with Crippen LogP contribution in [0.2, 0.25) is 0 Å². The summed E-state index contributed by atoms with van der Waals surface area (Å²) in [7, 11) is 4.72. The minimum absolute atomic E-state index is 0.172. The molecule has 196 valence electrons. The third-order valence-electron chi connectivity index (χ3n) is 5.52. The lowest BCUT2D eigenvalue weighted by molar-refractivity contribution is -0.115. The molecule has 1 aromatic heterocycles. The fourth-order valence-corrected chi connectivity index (χ4v) is 5.19. The Balaban J connectivity index is 1.37. The summed E-state index contributed by atoms with van der Waals surface area (Å²) in [4.78, 5) is 30.9. The van der Waals surface area contributed by atoms with Gasteiger partial charge in [0, 0.05) is 27.1 Å². The number of carbonyl (C=O) groups is 2. The van der Waals surface area contributed by atoms with Crippen LogP contribution in [0.25, 0.3) is 11.3 Å². The van der Waals surface area contributed by atoms with E-state index < -0.39 is 5.25 Å². The van der Waals surface area contributed by atoms with Gasteiger partial charge in [-0.3, -0.25) is 9.59 Å². The number of thioether (sulfide) groups is 1. The van der Waals surface area contributed by atoms with Crippen molar-refractivity contribution in [1.82, 2.24) is 4.98 Å². The van der Waals surface area contributed by atoms with Gasteiger partial charge in [-0.05, 0) is 61.5 Å². The number of aromatic nitrogens is 1. The molecule has 0 saturated heterocycles. The van der Waals surface area contributed by atoms with E-state index in [9.17, 15) is 9.59 Å². The van der Waals surface area contributed by atoms with Gasteiger partial charge in [0.25, 0.3) is 5.91 Å². The maximum Gasteiger partial charge on any atom is 0.255 e. The fraction of sp³-hybridized carbons (Fsp3) is 0.179. The number of amides is 2. The number of ether oxygens (including phenoxy) is 3. The number of hydrogen-bond donors (Lipinski definition) is 2. The van der Waals surface area contributed by atoms with Crippen molar-refractivity contribution in [3.05, 3.63) is 77.7 Å². The second kappa shape index (κ2) is 12.5. The Kier molecular flexibility index (Phi) is 8.88. The van der Waals surface area contributed by atoms with Crippen molar-refractivity contribution in [3.8, 4) is 28.5 Å². The molecule has 0 fully saturated rings. The minimum atomic E-state index is -0.396. The van der Waals surface area contributed by atoms with E-state index in [1.165, 1.54) is 23.1 Å². The third kappa shape index (κ3) is 6.64. The van der Waals surface area contributed by atoms with Crippen molar-refractivity contribution in [2.75, 3.05) is 32.0 Å². The molecule has 0 radical (unpaired) electrons. The number of nitrogens with zero attached hydrogens (tertiary/aromatic N) is 1. The first-order valence-corrected chi connectivity index (χ1v) is 13.4. The van der Waals surface area contributed by atoms with Gasteiger partial charge in [-0.2, -0.15) is 0 Å². The van der Waals surface area contributed by atoms with Gasteiger partial charge < -0.3 is 24.8 Å². The molecule has 2 amide bonds. The topological polar surface area (TPSA) is 98.8 Å². The molecule has 1 heterocycles. The van der Waals surface area contributed by atoms with E-state index in [0.717, 1.165) is 16.2 Å². The van der Waals surface area contributed by atoms with E-state index in [0.29, 0.717) is 33.6 Å². The first-order chi connectivity index (χ1) is 18.4. The molecule has 10 heteroatoms. The summed E-state index contributed by atoms with van der Waals surface area (Å²) >= 11 is 2.74. The van der Waals surface area contributed by atoms with E-state index in [4.69, 9.17) is 14.2 Å². The van der Waals surface area contributed by atoms with Gasteiger partial charge in [-0.25, -0.2) is 4.98 Å². The highest BCUT2D eigenvalue weighted by atomic mass is 32.2. The number of carbonyl (C=O) groups excluding carboxylic acids is 2. The zero-order valence-electron chi connectivity index (χ0n) is 21.3. The summed E-state index contributed by atoms with van der Waals surface area (Å²) < 4.78 is 15.8. The van der Waals surface area contributed by atoms with E-state index in [2.05, 4.69) is 15.6 Å². The Hall–Kier alpha value is -4.02. The second-order valence-corrected chi connectivity index (χ2v) is 10.3. The van der Waals surface area contributed by atoms with Gasteiger partial charge in [0.05, 0.1) is 32.3 Å². The second-order valence-electron chi connectivity index (χ2n) is 8.07. The maximum absolute atomic E-state index is 12.9. The first kappa shape index (κ1) is 27.0. The van der Waals surface area contributed by atoms with E-state index in [1.54, 1.807) is 51.7 Å². The lowest BCUT2D eigenvalue weighted by Gasteiger charge is -2.12. The van der Waals surface area contributed by atoms with Crippen LogP contribution in [-0.2, 0) is 4.79 Å².